The van der Waals surface area contributed by atoms with Crippen LogP contribution in [0.15, 0.2) is 106 Å². The number of hydrazone groups is 1. The molecule has 1 fully saturated rings. The number of hydrogen-bond donors (Lipinski definition) is 0. The maximum Gasteiger partial charge on any atom is 0.263 e. The summed E-state index contributed by atoms with van der Waals surface area (Å²) in [6.07, 6.45) is 3.95. The van der Waals surface area contributed by atoms with Gasteiger partial charge in [-0.05, 0) is 23.1 Å². The largest absolute Gasteiger partial charge is 0.271 e. The van der Waals surface area contributed by atoms with E-state index in [4.69, 9.17) is 0 Å². The van der Waals surface area contributed by atoms with E-state index < -0.39 is 0 Å². The number of carbonyl (C=O) groups is 1. The van der Waals surface area contributed by atoms with Gasteiger partial charge in [0.25, 0.3) is 5.91 Å². The SMILES string of the molecule is O=C1[C@H](Cc2ccccc2)S/C(=N\N=C/c2ccccc2)N1/N=C\c1ccccc1. The maximum atomic E-state index is 13.0. The molecular weight excluding hydrogens is 392 g/mol. The highest BCUT2D eigenvalue weighted by molar-refractivity contribution is 8.15. The summed E-state index contributed by atoms with van der Waals surface area (Å²) in [5.74, 6) is -0.0929. The lowest BCUT2D eigenvalue weighted by atomic mass is 10.1. The fraction of sp³-hybridized carbons (Fsp3) is 0.0833. The molecule has 0 radical (unpaired) electrons. The van der Waals surface area contributed by atoms with Gasteiger partial charge >= 0.3 is 0 Å². The average Bonchev–Trinajstić information content (AvgIpc) is 3.08. The monoisotopic (exact) mass is 412 g/mol. The molecule has 0 aromatic heterocycles. The summed E-state index contributed by atoms with van der Waals surface area (Å²) >= 11 is 1.39. The first-order chi connectivity index (χ1) is 14.8. The fourth-order valence-electron chi connectivity index (χ4n) is 2.94. The van der Waals surface area contributed by atoms with Crippen LogP contribution in [0.2, 0.25) is 0 Å². The quantitative estimate of drug-likeness (QED) is 0.439. The molecule has 3 aromatic carbocycles. The zero-order valence-electron chi connectivity index (χ0n) is 16.2. The molecule has 1 saturated heterocycles. The number of thioether (sulfide) groups is 1. The van der Waals surface area contributed by atoms with E-state index in [9.17, 15) is 4.79 Å². The van der Waals surface area contributed by atoms with E-state index in [2.05, 4.69) is 15.3 Å². The summed E-state index contributed by atoms with van der Waals surface area (Å²) in [7, 11) is 0. The first-order valence-electron chi connectivity index (χ1n) is 9.59. The van der Waals surface area contributed by atoms with Gasteiger partial charge in [0.05, 0.1) is 17.7 Å². The molecule has 30 heavy (non-hydrogen) atoms. The van der Waals surface area contributed by atoms with Crippen molar-refractivity contribution in [2.45, 2.75) is 11.7 Å². The van der Waals surface area contributed by atoms with Crippen LogP contribution in [0.5, 0.6) is 0 Å². The first kappa shape index (κ1) is 19.8. The van der Waals surface area contributed by atoms with Crippen LogP contribution in [0.25, 0.3) is 0 Å². The Morgan fingerprint density at radius 3 is 2.00 bits per heavy atom. The Hall–Kier alpha value is -3.51. The lowest BCUT2D eigenvalue weighted by Gasteiger charge is -2.09. The Morgan fingerprint density at radius 2 is 1.37 bits per heavy atom. The molecule has 1 aliphatic rings. The van der Waals surface area contributed by atoms with E-state index in [1.165, 1.54) is 16.8 Å². The zero-order valence-corrected chi connectivity index (χ0v) is 17.0. The van der Waals surface area contributed by atoms with Gasteiger partial charge in [0, 0.05) is 0 Å². The molecule has 1 heterocycles. The van der Waals surface area contributed by atoms with E-state index in [0.717, 1.165) is 16.7 Å². The highest BCUT2D eigenvalue weighted by Crippen LogP contribution is 2.30. The average molecular weight is 413 g/mol. The Balaban J connectivity index is 1.57. The highest BCUT2D eigenvalue weighted by Gasteiger charge is 2.38. The van der Waals surface area contributed by atoms with E-state index in [-0.39, 0.29) is 11.2 Å². The van der Waals surface area contributed by atoms with Crippen LogP contribution < -0.4 is 0 Å². The summed E-state index contributed by atoms with van der Waals surface area (Å²) in [5.41, 5.74) is 2.95. The van der Waals surface area contributed by atoms with Crippen molar-refractivity contribution in [1.82, 2.24) is 5.01 Å². The number of nitrogens with zero attached hydrogens (tertiary/aromatic N) is 4. The van der Waals surface area contributed by atoms with Gasteiger partial charge in [0.2, 0.25) is 5.17 Å². The van der Waals surface area contributed by atoms with E-state index >= 15 is 0 Å². The third kappa shape index (κ3) is 5.10. The topological polar surface area (TPSA) is 57.4 Å². The fourth-order valence-corrected chi connectivity index (χ4v) is 4.00. The molecule has 0 aliphatic carbocycles. The van der Waals surface area contributed by atoms with Gasteiger partial charge in [0.1, 0.15) is 0 Å². The van der Waals surface area contributed by atoms with Gasteiger partial charge in [-0.2, -0.15) is 15.2 Å². The van der Waals surface area contributed by atoms with Crippen molar-refractivity contribution in [2.75, 3.05) is 0 Å². The standard InChI is InChI=1S/C24H20N4OS/c29-23-22(16-19-10-4-1-5-11-19)30-24(27-25-17-20-12-6-2-7-13-20)28(23)26-18-21-14-8-3-9-15-21/h1-15,17-18,22H,16H2/b25-17-,26-18-,27-24-/t22-/m0/s1. The van der Waals surface area contributed by atoms with Crippen LogP contribution in [-0.4, -0.2) is 33.8 Å². The molecule has 0 bridgehead atoms. The summed E-state index contributed by atoms with van der Waals surface area (Å²) in [4.78, 5) is 13.0. The Labute approximate surface area is 179 Å². The number of rotatable bonds is 6. The molecule has 4 rings (SSSR count). The van der Waals surface area contributed by atoms with Crippen molar-refractivity contribution in [1.29, 1.82) is 0 Å². The molecule has 5 nitrogen and oxygen atoms in total. The highest BCUT2D eigenvalue weighted by atomic mass is 32.2. The van der Waals surface area contributed by atoms with Crippen molar-refractivity contribution >= 4 is 35.3 Å². The number of benzene rings is 3. The minimum atomic E-state index is -0.286. The van der Waals surface area contributed by atoms with Crippen LogP contribution in [0.1, 0.15) is 16.7 Å². The summed E-state index contributed by atoms with van der Waals surface area (Å²) < 4.78 is 0. The van der Waals surface area contributed by atoms with Crippen molar-refractivity contribution in [3.8, 4) is 0 Å². The molecule has 6 heteroatoms. The Kier molecular flexibility index (Phi) is 6.47. The third-order valence-corrected chi connectivity index (χ3v) is 5.57. The van der Waals surface area contributed by atoms with Crippen molar-refractivity contribution in [2.24, 2.45) is 15.3 Å². The maximum absolute atomic E-state index is 13.0. The van der Waals surface area contributed by atoms with Crippen molar-refractivity contribution < 1.29 is 4.79 Å². The molecule has 1 atom stereocenters. The van der Waals surface area contributed by atoms with Crippen LogP contribution in [0, 0.1) is 0 Å². The molecule has 148 valence electrons. The minimum Gasteiger partial charge on any atom is -0.271 e. The molecular formula is C24H20N4OS. The minimum absolute atomic E-state index is 0.0929. The summed E-state index contributed by atoms with van der Waals surface area (Å²) in [6, 6.07) is 29.3. The van der Waals surface area contributed by atoms with Gasteiger partial charge < -0.3 is 0 Å². The Morgan fingerprint density at radius 1 is 0.800 bits per heavy atom. The van der Waals surface area contributed by atoms with E-state index in [1.54, 1.807) is 12.4 Å². The second kappa shape index (κ2) is 9.80. The Bertz CT molecular complexity index is 1070. The molecule has 0 saturated carbocycles. The second-order valence-electron chi connectivity index (χ2n) is 6.64. The van der Waals surface area contributed by atoms with Crippen molar-refractivity contribution in [3.63, 3.8) is 0 Å². The van der Waals surface area contributed by atoms with Gasteiger partial charge in [-0.3, -0.25) is 4.79 Å². The number of carbonyl (C=O) groups excluding carboxylic acids is 1. The normalized spacial score (nSPS) is 18.1. The molecule has 0 N–H and O–H groups in total. The van der Waals surface area contributed by atoms with Crippen LogP contribution in [-0.2, 0) is 11.2 Å². The third-order valence-electron chi connectivity index (χ3n) is 4.45. The number of amides is 1. The molecule has 0 spiro atoms. The van der Waals surface area contributed by atoms with Crippen LogP contribution in [0.4, 0.5) is 0 Å². The van der Waals surface area contributed by atoms with Crippen molar-refractivity contribution in [3.05, 3.63) is 108 Å². The van der Waals surface area contributed by atoms with Gasteiger partial charge in [0.15, 0.2) is 0 Å². The predicted octanol–water partition coefficient (Wildman–Crippen LogP) is 4.60. The van der Waals surface area contributed by atoms with E-state index in [0.29, 0.717) is 11.6 Å². The van der Waals surface area contributed by atoms with E-state index in [1.807, 2.05) is 91.0 Å². The first-order valence-corrected chi connectivity index (χ1v) is 10.5. The molecule has 0 unspecified atom stereocenters. The van der Waals surface area contributed by atoms with Crippen LogP contribution in [0.3, 0.4) is 0 Å². The summed E-state index contributed by atoms with van der Waals surface area (Å²) in [6.45, 7) is 0. The van der Waals surface area contributed by atoms with Gasteiger partial charge in [-0.1, -0.05) is 103 Å². The van der Waals surface area contributed by atoms with Gasteiger partial charge in [-0.15, -0.1) is 5.10 Å². The number of amidine groups is 1. The van der Waals surface area contributed by atoms with Gasteiger partial charge in [-0.25, -0.2) is 0 Å². The summed E-state index contributed by atoms with van der Waals surface area (Å²) in [5, 5.41) is 14.4. The van der Waals surface area contributed by atoms with Crippen LogP contribution >= 0.6 is 11.8 Å². The number of hydrogen-bond acceptors (Lipinski definition) is 5. The zero-order chi connectivity index (χ0) is 20.6. The lowest BCUT2D eigenvalue weighted by molar-refractivity contribution is -0.126. The molecule has 1 aliphatic heterocycles. The predicted molar refractivity (Wildman–Crippen MR) is 124 cm³/mol. The lowest BCUT2D eigenvalue weighted by Crippen LogP contribution is -2.28. The molecule has 3 aromatic rings. The smallest absolute Gasteiger partial charge is 0.263 e. The molecule has 1 amide bonds. The second-order valence-corrected chi connectivity index (χ2v) is 7.81.